The summed E-state index contributed by atoms with van der Waals surface area (Å²) in [5, 5.41) is 124. The van der Waals surface area contributed by atoms with Gasteiger partial charge in [0.15, 0.2) is 18.9 Å². The zero-order chi connectivity index (χ0) is 69.2. The number of carbonyl (C=O) groups is 6. The minimum Gasteiger partial charge on any atom is -0.468 e. The van der Waals surface area contributed by atoms with Gasteiger partial charge in [0, 0.05) is 40.4 Å². The second-order valence-corrected chi connectivity index (χ2v) is 23.5. The van der Waals surface area contributed by atoms with Crippen LogP contribution in [0.25, 0.3) is 0 Å². The van der Waals surface area contributed by atoms with Crippen LogP contribution >= 0.6 is 0 Å². The Bertz CT molecular complexity index is 2830. The third-order valence-corrected chi connectivity index (χ3v) is 18.1. The molecule has 26 atom stereocenters. The van der Waals surface area contributed by atoms with E-state index in [1.165, 1.54) is 39.0 Å². The van der Waals surface area contributed by atoms with Crippen LogP contribution in [0.1, 0.15) is 60.3 Å². The number of rotatable bonds is 24. The second kappa shape index (κ2) is 33.7. The Morgan fingerprint density at radius 2 is 0.830 bits per heavy atom. The molecule has 94 heavy (non-hydrogen) atoms. The first-order valence-electron chi connectivity index (χ1n) is 30.4. The lowest BCUT2D eigenvalue weighted by atomic mass is 9.83. The number of methoxy groups -OCH3 is 3. The van der Waals surface area contributed by atoms with Gasteiger partial charge in [0.05, 0.1) is 109 Å². The number of hydrogen-bond acceptors (Lipinski definition) is 33. The van der Waals surface area contributed by atoms with E-state index in [9.17, 15) is 90.0 Å². The van der Waals surface area contributed by atoms with Crippen molar-refractivity contribution < 1.29 is 161 Å². The van der Waals surface area contributed by atoms with Crippen molar-refractivity contribution in [1.29, 1.82) is 0 Å². The predicted molar refractivity (Wildman–Crippen MR) is 307 cm³/mol. The van der Waals surface area contributed by atoms with Crippen LogP contribution in [-0.2, 0) is 99.8 Å². The summed E-state index contributed by atoms with van der Waals surface area (Å²) < 4.78 is 84.5. The van der Waals surface area contributed by atoms with Gasteiger partial charge in [-0.15, -0.1) is 0 Å². The van der Waals surface area contributed by atoms with Gasteiger partial charge >= 0.3 is 35.8 Å². The summed E-state index contributed by atoms with van der Waals surface area (Å²) in [5.41, 5.74) is -0.0660. The van der Waals surface area contributed by atoms with Crippen molar-refractivity contribution in [3.63, 3.8) is 0 Å². The Hall–Kier alpha value is -6.06. The first kappa shape index (κ1) is 75.3. The summed E-state index contributed by atoms with van der Waals surface area (Å²) in [7, 11) is 3.28. The van der Waals surface area contributed by atoms with Gasteiger partial charge in [0.2, 0.25) is 18.9 Å². The fourth-order valence-electron chi connectivity index (χ4n) is 12.6. The molecule has 0 radical (unpaired) electrons. The molecule has 0 amide bonds. The first-order chi connectivity index (χ1) is 44.8. The molecule has 0 aromatic heterocycles. The third-order valence-electron chi connectivity index (χ3n) is 18.1. The average molecular weight is 1350 g/mol. The number of allylic oxidation sites excluding steroid dienone is 3. The minimum absolute atomic E-state index is 0.0460. The van der Waals surface area contributed by atoms with Crippen molar-refractivity contribution in [3.05, 3.63) is 70.5 Å². The van der Waals surface area contributed by atoms with E-state index in [1.54, 1.807) is 13.8 Å². The Kier molecular flexibility index (Phi) is 27.0. The third kappa shape index (κ3) is 16.7. The van der Waals surface area contributed by atoms with E-state index in [0.717, 1.165) is 40.1 Å². The lowest BCUT2D eigenvalue weighted by Crippen LogP contribution is -2.60. The van der Waals surface area contributed by atoms with Crippen LogP contribution in [0.5, 0.6) is 0 Å². The molecule has 7 aliphatic rings. The molecule has 1 saturated carbocycles. The van der Waals surface area contributed by atoms with E-state index in [1.807, 2.05) is 0 Å². The molecular weight excluding hydrogens is 1260 g/mol. The molecule has 6 aliphatic heterocycles. The van der Waals surface area contributed by atoms with Crippen LogP contribution in [0.4, 0.5) is 0 Å². The highest BCUT2D eigenvalue weighted by Gasteiger charge is 2.52. The number of aliphatic hydroxyl groups is 12. The van der Waals surface area contributed by atoms with Crippen molar-refractivity contribution in [3.8, 4) is 0 Å². The van der Waals surface area contributed by atoms with E-state index in [0.29, 0.717) is 0 Å². The molecule has 0 aromatic rings. The highest BCUT2D eigenvalue weighted by molar-refractivity contribution is 5.92. The Morgan fingerprint density at radius 1 is 0.500 bits per heavy atom. The summed E-state index contributed by atoms with van der Waals surface area (Å²) in [6.45, 7) is 5.01. The normalized spacial score (nSPS) is 39.1. The van der Waals surface area contributed by atoms with Gasteiger partial charge in [0.25, 0.3) is 0 Å². The molecule has 1 aliphatic carbocycles. The molecule has 12 N–H and O–H groups in total. The number of hydrogen-bond donors (Lipinski definition) is 12. The summed E-state index contributed by atoms with van der Waals surface area (Å²) in [5.74, 6) is -11.5. The average Bonchev–Trinajstić information content (AvgIpc) is 0.987. The molecule has 0 bridgehead atoms. The summed E-state index contributed by atoms with van der Waals surface area (Å²) in [4.78, 5) is 82.5. The molecular formula is C61H86O33. The van der Waals surface area contributed by atoms with E-state index >= 15 is 0 Å². The van der Waals surface area contributed by atoms with Crippen molar-refractivity contribution in [1.82, 2.24) is 0 Å². The second-order valence-electron chi connectivity index (χ2n) is 23.5. The Morgan fingerprint density at radius 3 is 1.15 bits per heavy atom. The highest BCUT2D eigenvalue weighted by Crippen LogP contribution is 2.46. The predicted octanol–water partition coefficient (Wildman–Crippen LogP) is -3.56. The molecule has 4 fully saturated rings. The van der Waals surface area contributed by atoms with E-state index in [-0.39, 0.29) is 53.1 Å². The maximum atomic E-state index is 14.4. The SMILES string of the molecule is C/C=C1/[C@H](O[C@@H]2O[C@H](CO)[C@@H](O)[C@H](O)[C@H]2O)OC=C(C(=O)OC)[C@H]1CC(=O)OC[C@H]1[C@@H](C)[C@@H](OC(=O)C[C@@H]2C(C(=O)OC)=CO[C@@H](O[C@@H]3O[C@H](CO)[C@@H](O)[C@H](O)[C@H]3O)/C2=C/C)C[C@H]1[C@@H](C)COC(=O)C[C@@H]1C(C(=O)OC)=CO[C@@H](O[C@@H]2O[C@H](CO)[C@@H](O)[C@H](O)[C@H]2O)/C1=C/C. The van der Waals surface area contributed by atoms with Crippen LogP contribution < -0.4 is 0 Å². The van der Waals surface area contributed by atoms with Crippen molar-refractivity contribution in [2.75, 3.05) is 54.4 Å². The standard InChI is InChI=1S/C61H86O33/c1-9-26-30(34(53(77)80-6)21-85-56(26)92-59-50(74)47(71)44(68)38(16-62)89-59)13-41(65)83-19-24(4)29-12-37(88-43(67)15-32-28(11-3)58(87-23-36(32)55(79)82-8)94-61-52(76)49(73)46(70)40(18-64)91-61)25(5)33(29)20-84-42(66)14-31-27(10-2)57(86-22-35(31)54(78)81-7)93-60-51(75)48(72)45(69)39(17-63)90-60/h9-11,21-25,29-33,37-40,44-52,56-64,68-76H,12-20H2,1-8H3/b26-9+,27-10+,28-11+/t24-,25+,29-,30-,31-,32-,33-,37-,38+,39+,40+,44+,45+,46+,47-,48-,49-,50+,51+,52+,56-,57-,58-,59-,60-,61-/m0/s1. The van der Waals surface area contributed by atoms with Gasteiger partial charge in [-0.05, 0) is 44.9 Å². The van der Waals surface area contributed by atoms with Crippen LogP contribution in [0.3, 0.4) is 0 Å². The van der Waals surface area contributed by atoms with Gasteiger partial charge in [0.1, 0.15) is 79.4 Å². The van der Waals surface area contributed by atoms with Crippen LogP contribution in [0.2, 0.25) is 0 Å². The zero-order valence-electron chi connectivity index (χ0n) is 52.8. The largest absolute Gasteiger partial charge is 0.468 e. The summed E-state index contributed by atoms with van der Waals surface area (Å²) in [6, 6.07) is 0. The zero-order valence-corrected chi connectivity index (χ0v) is 52.8. The lowest BCUT2D eigenvalue weighted by molar-refractivity contribution is -0.327. The van der Waals surface area contributed by atoms with Crippen molar-refractivity contribution in [2.45, 2.75) is 177 Å². The smallest absolute Gasteiger partial charge is 0.337 e. The number of esters is 6. The maximum absolute atomic E-state index is 14.4. The highest BCUT2D eigenvalue weighted by atomic mass is 16.8. The molecule has 6 heterocycles. The molecule has 0 unspecified atom stereocenters. The summed E-state index contributed by atoms with van der Waals surface area (Å²) >= 11 is 0. The van der Waals surface area contributed by atoms with E-state index < -0.39 is 233 Å². The minimum atomic E-state index is -1.86. The Labute approximate surface area is 539 Å². The van der Waals surface area contributed by atoms with Gasteiger partial charge in [-0.1, -0.05) is 32.1 Å². The van der Waals surface area contributed by atoms with Gasteiger partial charge in [-0.3, -0.25) is 14.4 Å². The molecule has 0 aromatic carbocycles. The molecule has 33 heteroatoms. The molecule has 33 nitrogen and oxygen atoms in total. The molecule has 3 saturated heterocycles. The maximum Gasteiger partial charge on any atom is 0.337 e. The fourth-order valence-corrected chi connectivity index (χ4v) is 12.6. The van der Waals surface area contributed by atoms with E-state index in [4.69, 9.17) is 71.1 Å². The van der Waals surface area contributed by atoms with Crippen molar-refractivity contribution >= 4 is 35.8 Å². The van der Waals surface area contributed by atoms with Gasteiger partial charge in [-0.2, -0.15) is 0 Å². The monoisotopic (exact) mass is 1350 g/mol. The number of carbonyl (C=O) groups excluding carboxylic acids is 6. The van der Waals surface area contributed by atoms with Crippen LogP contribution in [0, 0.1) is 41.4 Å². The molecule has 7 rings (SSSR count). The van der Waals surface area contributed by atoms with Gasteiger partial charge < -0.3 is 132 Å². The van der Waals surface area contributed by atoms with Crippen LogP contribution in [-0.4, -0.2) is 269 Å². The number of aliphatic hydroxyl groups excluding tert-OH is 12. The first-order valence-corrected chi connectivity index (χ1v) is 30.4. The molecule has 528 valence electrons. The fraction of sp³-hybridized carbons (Fsp3) is 0.705. The van der Waals surface area contributed by atoms with Crippen molar-refractivity contribution in [2.24, 2.45) is 41.4 Å². The van der Waals surface area contributed by atoms with Crippen LogP contribution in [0.15, 0.2) is 70.5 Å². The summed E-state index contributed by atoms with van der Waals surface area (Å²) in [6.07, 6.45) is -25.1. The van der Waals surface area contributed by atoms with E-state index in [2.05, 4.69) is 0 Å². The topological polar surface area (TPSA) is 484 Å². The Balaban J connectivity index is 1.11. The number of ether oxygens (including phenoxy) is 15. The quantitative estimate of drug-likeness (QED) is 0.0253. The molecule has 0 spiro atoms. The van der Waals surface area contributed by atoms with Gasteiger partial charge in [-0.25, -0.2) is 14.4 Å². The lowest BCUT2D eigenvalue weighted by Gasteiger charge is -2.42.